The number of carbonyl (C=O) groups excluding carboxylic acids is 1. The fourth-order valence-electron chi connectivity index (χ4n) is 2.46. The summed E-state index contributed by atoms with van der Waals surface area (Å²) in [7, 11) is 0. The van der Waals surface area contributed by atoms with Gasteiger partial charge in [0.05, 0.1) is 19.1 Å². The van der Waals surface area contributed by atoms with Gasteiger partial charge in [-0.1, -0.05) is 55.0 Å². The van der Waals surface area contributed by atoms with Gasteiger partial charge in [0.25, 0.3) is 0 Å². The molecule has 1 N–H and O–H groups in total. The van der Waals surface area contributed by atoms with Gasteiger partial charge in [0.1, 0.15) is 5.75 Å². The first kappa shape index (κ1) is 17.1. The lowest BCUT2D eigenvalue weighted by Crippen LogP contribution is -2.29. The molecule has 0 saturated heterocycles. The van der Waals surface area contributed by atoms with Crippen molar-refractivity contribution in [1.82, 2.24) is 5.32 Å². The second kappa shape index (κ2) is 8.37. The third-order valence-corrected chi connectivity index (χ3v) is 3.90. The number of carbonyl (C=O) groups is 1. The number of hydrogen-bond acceptors (Lipinski definition) is 2. The fourth-order valence-corrected chi connectivity index (χ4v) is 2.46. The lowest BCUT2D eigenvalue weighted by atomic mass is 10.0. The van der Waals surface area contributed by atoms with Gasteiger partial charge < -0.3 is 10.1 Å². The number of para-hydroxylation sites is 1. The molecule has 0 saturated carbocycles. The molecular weight excluding hydrogens is 286 g/mol. The highest BCUT2D eigenvalue weighted by Gasteiger charge is 2.12. The minimum atomic E-state index is 0.0195. The van der Waals surface area contributed by atoms with E-state index in [2.05, 4.69) is 43.4 Å². The van der Waals surface area contributed by atoms with Crippen LogP contribution in [-0.4, -0.2) is 12.5 Å². The van der Waals surface area contributed by atoms with Crippen molar-refractivity contribution in [3.63, 3.8) is 0 Å². The Kier molecular flexibility index (Phi) is 6.21. The molecule has 0 aromatic heterocycles. The van der Waals surface area contributed by atoms with Crippen LogP contribution < -0.4 is 10.1 Å². The van der Waals surface area contributed by atoms with E-state index in [9.17, 15) is 4.79 Å². The standard InChI is InChI=1S/C20H25NO2/c1-4-18(17-11-9-15(2)10-12-17)21-20(22)13-14-23-19-8-6-5-7-16(19)3/h5-12,18H,4,13-14H2,1-3H3,(H,21,22)/t18-/m0/s1. The highest BCUT2D eigenvalue weighted by Crippen LogP contribution is 2.18. The van der Waals surface area contributed by atoms with E-state index in [-0.39, 0.29) is 11.9 Å². The van der Waals surface area contributed by atoms with Crippen LogP contribution in [0.2, 0.25) is 0 Å². The van der Waals surface area contributed by atoms with Gasteiger partial charge in [0, 0.05) is 0 Å². The first-order valence-corrected chi connectivity index (χ1v) is 8.14. The number of hydrogen-bond donors (Lipinski definition) is 1. The molecule has 1 atom stereocenters. The Morgan fingerprint density at radius 2 is 1.78 bits per heavy atom. The summed E-state index contributed by atoms with van der Waals surface area (Å²) in [5.41, 5.74) is 3.45. The molecule has 3 nitrogen and oxygen atoms in total. The molecule has 0 radical (unpaired) electrons. The van der Waals surface area contributed by atoms with E-state index in [4.69, 9.17) is 4.74 Å². The molecule has 2 aromatic carbocycles. The second-order valence-corrected chi connectivity index (χ2v) is 5.80. The van der Waals surface area contributed by atoms with Crippen LogP contribution in [0.5, 0.6) is 5.75 Å². The molecule has 1 amide bonds. The van der Waals surface area contributed by atoms with Gasteiger partial charge in [-0.15, -0.1) is 0 Å². The van der Waals surface area contributed by atoms with Crippen LogP contribution in [0.15, 0.2) is 48.5 Å². The van der Waals surface area contributed by atoms with E-state index in [0.717, 1.165) is 23.3 Å². The molecule has 0 spiro atoms. The molecule has 2 rings (SSSR count). The van der Waals surface area contributed by atoms with Crippen molar-refractivity contribution in [3.05, 3.63) is 65.2 Å². The number of ether oxygens (including phenoxy) is 1. The topological polar surface area (TPSA) is 38.3 Å². The van der Waals surface area contributed by atoms with E-state index in [1.54, 1.807) is 0 Å². The maximum atomic E-state index is 12.1. The van der Waals surface area contributed by atoms with Crippen molar-refractivity contribution in [2.24, 2.45) is 0 Å². The van der Waals surface area contributed by atoms with Gasteiger partial charge in [-0.25, -0.2) is 0 Å². The predicted octanol–water partition coefficient (Wildman–Crippen LogP) is 4.34. The van der Waals surface area contributed by atoms with Gasteiger partial charge in [0.15, 0.2) is 0 Å². The lowest BCUT2D eigenvalue weighted by Gasteiger charge is -2.18. The summed E-state index contributed by atoms with van der Waals surface area (Å²) >= 11 is 0. The van der Waals surface area contributed by atoms with E-state index < -0.39 is 0 Å². The van der Waals surface area contributed by atoms with E-state index in [1.165, 1.54) is 5.56 Å². The number of amides is 1. The van der Waals surface area contributed by atoms with Crippen molar-refractivity contribution >= 4 is 5.91 Å². The number of aryl methyl sites for hydroxylation is 2. The average molecular weight is 311 g/mol. The molecule has 0 aliphatic heterocycles. The van der Waals surface area contributed by atoms with Crippen LogP contribution in [-0.2, 0) is 4.79 Å². The van der Waals surface area contributed by atoms with Crippen LogP contribution in [0.3, 0.4) is 0 Å². The molecule has 0 unspecified atom stereocenters. The molecular formula is C20H25NO2. The van der Waals surface area contributed by atoms with Crippen LogP contribution in [0.1, 0.15) is 42.5 Å². The summed E-state index contributed by atoms with van der Waals surface area (Å²) in [5.74, 6) is 0.858. The molecule has 0 aliphatic carbocycles. The lowest BCUT2D eigenvalue weighted by molar-refractivity contribution is -0.122. The Balaban J connectivity index is 1.83. The SMILES string of the molecule is CC[C@H](NC(=O)CCOc1ccccc1C)c1ccc(C)cc1. The third-order valence-electron chi connectivity index (χ3n) is 3.90. The molecule has 0 aliphatic rings. The molecule has 23 heavy (non-hydrogen) atoms. The average Bonchev–Trinajstić information content (AvgIpc) is 2.55. The van der Waals surface area contributed by atoms with Gasteiger partial charge in [-0.05, 0) is 37.5 Å². The fraction of sp³-hybridized carbons (Fsp3) is 0.350. The number of rotatable bonds is 7. The van der Waals surface area contributed by atoms with Gasteiger partial charge in [-0.2, -0.15) is 0 Å². The predicted molar refractivity (Wildman–Crippen MR) is 93.6 cm³/mol. The minimum Gasteiger partial charge on any atom is -0.493 e. The molecule has 3 heteroatoms. The van der Waals surface area contributed by atoms with Crippen LogP contribution in [0.25, 0.3) is 0 Å². The minimum absolute atomic E-state index is 0.0195. The maximum Gasteiger partial charge on any atom is 0.223 e. The normalized spacial score (nSPS) is 11.8. The summed E-state index contributed by atoms with van der Waals surface area (Å²) < 4.78 is 5.68. The van der Waals surface area contributed by atoms with Crippen molar-refractivity contribution in [3.8, 4) is 5.75 Å². The highest BCUT2D eigenvalue weighted by molar-refractivity contribution is 5.76. The summed E-state index contributed by atoms with van der Waals surface area (Å²) in [6, 6.07) is 16.2. The summed E-state index contributed by atoms with van der Waals surface area (Å²) in [5, 5.41) is 3.08. The van der Waals surface area contributed by atoms with Gasteiger partial charge in [0.2, 0.25) is 5.91 Å². The Hall–Kier alpha value is -2.29. The number of benzene rings is 2. The zero-order valence-electron chi connectivity index (χ0n) is 14.1. The third kappa shape index (κ3) is 5.13. The first-order valence-electron chi connectivity index (χ1n) is 8.14. The van der Waals surface area contributed by atoms with Crippen molar-refractivity contribution in [1.29, 1.82) is 0 Å². The van der Waals surface area contributed by atoms with Crippen molar-refractivity contribution < 1.29 is 9.53 Å². The summed E-state index contributed by atoms with van der Waals surface area (Å²) in [6.07, 6.45) is 1.23. The van der Waals surface area contributed by atoms with Crippen molar-refractivity contribution in [2.75, 3.05) is 6.61 Å². The van der Waals surface area contributed by atoms with Gasteiger partial charge >= 0.3 is 0 Å². The summed E-state index contributed by atoms with van der Waals surface area (Å²) in [4.78, 5) is 12.1. The quantitative estimate of drug-likeness (QED) is 0.826. The first-order chi connectivity index (χ1) is 11.1. The largest absolute Gasteiger partial charge is 0.493 e. The smallest absolute Gasteiger partial charge is 0.223 e. The number of nitrogens with one attached hydrogen (secondary N) is 1. The Morgan fingerprint density at radius 1 is 1.09 bits per heavy atom. The Morgan fingerprint density at radius 3 is 2.43 bits per heavy atom. The highest BCUT2D eigenvalue weighted by atomic mass is 16.5. The Bertz CT molecular complexity index is 634. The maximum absolute atomic E-state index is 12.1. The van der Waals surface area contributed by atoms with E-state index in [0.29, 0.717) is 13.0 Å². The zero-order valence-corrected chi connectivity index (χ0v) is 14.1. The molecule has 0 heterocycles. The molecule has 0 bridgehead atoms. The summed E-state index contributed by atoms with van der Waals surface area (Å²) in [6.45, 7) is 6.53. The Labute approximate surface area is 138 Å². The van der Waals surface area contributed by atoms with Crippen molar-refractivity contribution in [2.45, 2.75) is 39.7 Å². The van der Waals surface area contributed by atoms with Crippen LogP contribution >= 0.6 is 0 Å². The molecule has 2 aromatic rings. The van der Waals surface area contributed by atoms with Gasteiger partial charge in [-0.3, -0.25) is 4.79 Å². The molecule has 122 valence electrons. The van der Waals surface area contributed by atoms with Crippen LogP contribution in [0, 0.1) is 13.8 Å². The van der Waals surface area contributed by atoms with E-state index >= 15 is 0 Å². The van der Waals surface area contributed by atoms with E-state index in [1.807, 2.05) is 31.2 Å². The second-order valence-electron chi connectivity index (χ2n) is 5.80. The molecule has 0 fully saturated rings. The zero-order chi connectivity index (χ0) is 16.7. The monoisotopic (exact) mass is 311 g/mol. The van der Waals surface area contributed by atoms with Crippen LogP contribution in [0.4, 0.5) is 0 Å².